The standard InChI is InChI=1S/C10H18N4O/c1-10(2,3)8(11)9(15)13-7-5-6-12-14(7)4/h5-6,8H,11H2,1-4H3,(H,13,15)/t8-/m1/s1. The SMILES string of the molecule is Cn1nccc1NC(=O)[C@@H](N)C(C)(C)C. The van der Waals surface area contributed by atoms with Gasteiger partial charge in [-0.25, -0.2) is 0 Å². The number of carbonyl (C=O) groups excluding carboxylic acids is 1. The highest BCUT2D eigenvalue weighted by molar-refractivity contribution is 5.94. The lowest BCUT2D eigenvalue weighted by Crippen LogP contribution is -2.45. The van der Waals surface area contributed by atoms with Gasteiger partial charge in [0, 0.05) is 13.1 Å². The summed E-state index contributed by atoms with van der Waals surface area (Å²) in [6.07, 6.45) is 1.62. The van der Waals surface area contributed by atoms with E-state index in [4.69, 9.17) is 5.73 Å². The third-order valence-corrected chi connectivity index (χ3v) is 2.29. The molecule has 1 amide bonds. The molecule has 0 spiro atoms. The first-order chi connectivity index (χ1) is 6.82. The van der Waals surface area contributed by atoms with Crippen molar-refractivity contribution in [2.45, 2.75) is 26.8 Å². The molecule has 0 aliphatic heterocycles. The topological polar surface area (TPSA) is 72.9 Å². The molecule has 1 atom stereocenters. The summed E-state index contributed by atoms with van der Waals surface area (Å²) in [5.74, 6) is 0.464. The van der Waals surface area contributed by atoms with Crippen molar-refractivity contribution in [3.05, 3.63) is 12.3 Å². The molecule has 1 aromatic rings. The Bertz CT molecular complexity index is 351. The lowest BCUT2D eigenvalue weighted by atomic mass is 9.87. The van der Waals surface area contributed by atoms with Gasteiger partial charge in [-0.2, -0.15) is 5.10 Å². The first-order valence-corrected chi connectivity index (χ1v) is 4.87. The van der Waals surface area contributed by atoms with Crippen LogP contribution in [0.5, 0.6) is 0 Å². The van der Waals surface area contributed by atoms with E-state index in [0.717, 1.165) is 0 Å². The molecule has 0 aromatic carbocycles. The van der Waals surface area contributed by atoms with E-state index in [9.17, 15) is 4.79 Å². The predicted molar refractivity (Wildman–Crippen MR) is 59.3 cm³/mol. The maximum absolute atomic E-state index is 11.7. The van der Waals surface area contributed by atoms with Crippen LogP contribution in [-0.4, -0.2) is 21.7 Å². The van der Waals surface area contributed by atoms with Crippen molar-refractivity contribution in [3.8, 4) is 0 Å². The molecule has 0 saturated heterocycles. The molecule has 84 valence electrons. The van der Waals surface area contributed by atoms with Crippen molar-refractivity contribution < 1.29 is 4.79 Å². The smallest absolute Gasteiger partial charge is 0.242 e. The number of hydrogen-bond donors (Lipinski definition) is 2. The molecular formula is C10H18N4O. The molecule has 3 N–H and O–H groups in total. The van der Waals surface area contributed by atoms with Gasteiger partial charge in [0.05, 0.1) is 12.2 Å². The molecule has 0 bridgehead atoms. The summed E-state index contributed by atoms with van der Waals surface area (Å²) in [7, 11) is 1.76. The van der Waals surface area contributed by atoms with Crippen LogP contribution in [0, 0.1) is 5.41 Å². The van der Waals surface area contributed by atoms with Crippen LogP contribution in [0.2, 0.25) is 0 Å². The van der Waals surface area contributed by atoms with Crippen LogP contribution in [0.25, 0.3) is 0 Å². The molecule has 1 heterocycles. The number of aryl methyl sites for hydroxylation is 1. The van der Waals surface area contributed by atoms with E-state index in [2.05, 4.69) is 10.4 Å². The number of hydrogen-bond acceptors (Lipinski definition) is 3. The molecule has 0 aliphatic rings. The Morgan fingerprint density at radius 2 is 2.20 bits per heavy atom. The van der Waals surface area contributed by atoms with Crippen LogP contribution in [0.1, 0.15) is 20.8 Å². The van der Waals surface area contributed by atoms with E-state index < -0.39 is 6.04 Å². The zero-order valence-electron chi connectivity index (χ0n) is 9.61. The number of nitrogens with one attached hydrogen (secondary N) is 1. The van der Waals surface area contributed by atoms with E-state index in [1.165, 1.54) is 0 Å². The minimum absolute atomic E-state index is 0.189. The Balaban J connectivity index is 2.69. The van der Waals surface area contributed by atoms with E-state index in [1.54, 1.807) is 24.0 Å². The van der Waals surface area contributed by atoms with Gasteiger partial charge in [-0.3, -0.25) is 9.48 Å². The molecule has 1 rings (SSSR count). The fourth-order valence-electron chi connectivity index (χ4n) is 1.09. The lowest BCUT2D eigenvalue weighted by Gasteiger charge is -2.25. The van der Waals surface area contributed by atoms with Gasteiger partial charge >= 0.3 is 0 Å². The number of nitrogens with zero attached hydrogens (tertiary/aromatic N) is 2. The summed E-state index contributed by atoms with van der Waals surface area (Å²) in [5.41, 5.74) is 5.57. The second kappa shape index (κ2) is 4.02. The molecule has 0 aliphatic carbocycles. The maximum Gasteiger partial charge on any atom is 0.242 e. The molecule has 0 unspecified atom stereocenters. The Morgan fingerprint density at radius 1 is 1.60 bits per heavy atom. The van der Waals surface area contributed by atoms with Crippen LogP contribution in [0.3, 0.4) is 0 Å². The Labute approximate surface area is 89.6 Å². The second-order valence-corrected chi connectivity index (χ2v) is 4.67. The van der Waals surface area contributed by atoms with Crippen LogP contribution in [0.15, 0.2) is 12.3 Å². The average molecular weight is 210 g/mol. The van der Waals surface area contributed by atoms with Crippen molar-refractivity contribution in [3.63, 3.8) is 0 Å². The molecular weight excluding hydrogens is 192 g/mol. The van der Waals surface area contributed by atoms with Crippen molar-refractivity contribution in [2.24, 2.45) is 18.2 Å². The first kappa shape index (κ1) is 11.7. The summed E-state index contributed by atoms with van der Waals surface area (Å²) >= 11 is 0. The third-order valence-electron chi connectivity index (χ3n) is 2.29. The minimum Gasteiger partial charge on any atom is -0.319 e. The highest BCUT2D eigenvalue weighted by Crippen LogP contribution is 2.18. The van der Waals surface area contributed by atoms with Gasteiger partial charge in [0.25, 0.3) is 0 Å². The predicted octanol–water partition coefficient (Wildman–Crippen LogP) is 0.732. The van der Waals surface area contributed by atoms with Gasteiger partial charge in [0.15, 0.2) is 0 Å². The zero-order valence-corrected chi connectivity index (χ0v) is 9.61. The molecule has 0 fully saturated rings. The average Bonchev–Trinajstić information content (AvgIpc) is 2.49. The quantitative estimate of drug-likeness (QED) is 0.756. The number of nitrogens with two attached hydrogens (primary N) is 1. The van der Waals surface area contributed by atoms with Crippen molar-refractivity contribution in [1.29, 1.82) is 0 Å². The van der Waals surface area contributed by atoms with Crippen molar-refractivity contribution >= 4 is 11.7 Å². The molecule has 0 saturated carbocycles. The largest absolute Gasteiger partial charge is 0.319 e. The van der Waals surface area contributed by atoms with E-state index in [0.29, 0.717) is 5.82 Å². The molecule has 5 nitrogen and oxygen atoms in total. The molecule has 1 aromatic heterocycles. The third kappa shape index (κ3) is 2.79. The van der Waals surface area contributed by atoms with Crippen molar-refractivity contribution in [1.82, 2.24) is 9.78 Å². The number of anilines is 1. The normalized spacial score (nSPS) is 13.7. The Morgan fingerprint density at radius 3 is 2.60 bits per heavy atom. The number of rotatable bonds is 2. The van der Waals surface area contributed by atoms with Gasteiger partial charge in [-0.15, -0.1) is 0 Å². The van der Waals surface area contributed by atoms with Crippen LogP contribution in [-0.2, 0) is 11.8 Å². The maximum atomic E-state index is 11.7. The second-order valence-electron chi connectivity index (χ2n) is 4.67. The van der Waals surface area contributed by atoms with Gasteiger partial charge in [0.1, 0.15) is 5.82 Å². The van der Waals surface area contributed by atoms with E-state index in [-0.39, 0.29) is 11.3 Å². The Hall–Kier alpha value is -1.36. The summed E-state index contributed by atoms with van der Waals surface area (Å²) in [6, 6.07) is 1.19. The van der Waals surface area contributed by atoms with Gasteiger partial charge in [0.2, 0.25) is 5.91 Å². The lowest BCUT2D eigenvalue weighted by molar-refractivity contribution is -0.119. The number of amides is 1. The zero-order chi connectivity index (χ0) is 11.6. The van der Waals surface area contributed by atoms with Gasteiger partial charge in [-0.05, 0) is 5.41 Å². The van der Waals surface area contributed by atoms with Crippen LogP contribution < -0.4 is 11.1 Å². The monoisotopic (exact) mass is 210 g/mol. The molecule has 15 heavy (non-hydrogen) atoms. The summed E-state index contributed by atoms with van der Waals surface area (Å²) < 4.78 is 1.59. The molecule has 5 heteroatoms. The van der Waals surface area contributed by atoms with Gasteiger partial charge in [-0.1, -0.05) is 20.8 Å². The van der Waals surface area contributed by atoms with E-state index in [1.807, 2.05) is 20.8 Å². The fraction of sp³-hybridized carbons (Fsp3) is 0.600. The fourth-order valence-corrected chi connectivity index (χ4v) is 1.09. The first-order valence-electron chi connectivity index (χ1n) is 4.87. The highest BCUT2D eigenvalue weighted by Gasteiger charge is 2.27. The van der Waals surface area contributed by atoms with Crippen molar-refractivity contribution in [2.75, 3.05) is 5.32 Å². The van der Waals surface area contributed by atoms with Crippen LogP contribution >= 0.6 is 0 Å². The number of aromatic nitrogens is 2. The van der Waals surface area contributed by atoms with E-state index >= 15 is 0 Å². The summed E-state index contributed by atoms with van der Waals surface area (Å²) in [6.45, 7) is 5.79. The van der Waals surface area contributed by atoms with Gasteiger partial charge < -0.3 is 11.1 Å². The highest BCUT2D eigenvalue weighted by atomic mass is 16.2. The Kier molecular flexibility index (Phi) is 3.14. The van der Waals surface area contributed by atoms with Crippen LogP contribution in [0.4, 0.5) is 5.82 Å². The summed E-state index contributed by atoms with van der Waals surface area (Å²) in [5, 5.41) is 6.69. The summed E-state index contributed by atoms with van der Waals surface area (Å²) in [4.78, 5) is 11.7. The molecule has 0 radical (unpaired) electrons. The minimum atomic E-state index is -0.535. The number of carbonyl (C=O) groups is 1.